The maximum Gasteiger partial charge on any atom is 0.338 e. The van der Waals surface area contributed by atoms with Crippen LogP contribution in [-0.2, 0) is 28.5 Å². The van der Waals surface area contributed by atoms with E-state index in [0.717, 1.165) is 25.7 Å². The third-order valence-corrected chi connectivity index (χ3v) is 11.5. The molecule has 7 rings (SSSR count). The van der Waals surface area contributed by atoms with Crippen molar-refractivity contribution in [3.63, 3.8) is 0 Å². The van der Waals surface area contributed by atoms with Crippen LogP contribution in [0.4, 0.5) is 0 Å². The number of esters is 1. The summed E-state index contributed by atoms with van der Waals surface area (Å²) in [5, 5.41) is 34.9. The first-order valence-corrected chi connectivity index (χ1v) is 16.7. The lowest BCUT2D eigenvalue weighted by molar-refractivity contribution is -0.407. The molecular formula is C37H44O10. The van der Waals surface area contributed by atoms with Crippen molar-refractivity contribution < 1.29 is 48.6 Å². The van der Waals surface area contributed by atoms with Crippen molar-refractivity contribution >= 4 is 11.8 Å². The Kier molecular flexibility index (Phi) is 7.65. The highest BCUT2D eigenvalue weighted by atomic mass is 16.9. The number of epoxide rings is 1. The molecule has 47 heavy (non-hydrogen) atoms. The number of hydrogen-bond acceptors (Lipinski definition) is 10. The normalized spacial score (nSPS) is 45.8. The average molecular weight is 649 g/mol. The van der Waals surface area contributed by atoms with E-state index in [-0.39, 0.29) is 5.57 Å². The summed E-state index contributed by atoms with van der Waals surface area (Å²) >= 11 is 0. The minimum Gasteiger partial charge on any atom is -0.455 e. The predicted molar refractivity (Wildman–Crippen MR) is 169 cm³/mol. The highest BCUT2D eigenvalue weighted by molar-refractivity contribution is 6.05. The van der Waals surface area contributed by atoms with Crippen LogP contribution in [0.15, 0.2) is 78.4 Å². The Morgan fingerprint density at radius 1 is 1.11 bits per heavy atom. The van der Waals surface area contributed by atoms with E-state index in [4.69, 9.17) is 23.7 Å². The van der Waals surface area contributed by atoms with Crippen LogP contribution in [0.5, 0.6) is 0 Å². The van der Waals surface area contributed by atoms with Crippen LogP contribution >= 0.6 is 0 Å². The van der Waals surface area contributed by atoms with Gasteiger partial charge in [0.25, 0.3) is 0 Å². The van der Waals surface area contributed by atoms with Crippen LogP contribution in [0.2, 0.25) is 0 Å². The van der Waals surface area contributed by atoms with Gasteiger partial charge in [-0.05, 0) is 50.0 Å². The molecule has 5 fully saturated rings. The summed E-state index contributed by atoms with van der Waals surface area (Å²) in [5.74, 6) is -5.81. The van der Waals surface area contributed by atoms with E-state index in [1.807, 2.05) is 19.1 Å². The Bertz CT molecular complexity index is 1570. The summed E-state index contributed by atoms with van der Waals surface area (Å²) in [6, 6.07) is 8.57. The zero-order chi connectivity index (χ0) is 33.6. The predicted octanol–water partition coefficient (Wildman–Crippen LogP) is 3.70. The summed E-state index contributed by atoms with van der Waals surface area (Å²) in [6.07, 6.45) is 8.51. The largest absolute Gasteiger partial charge is 0.455 e. The van der Waals surface area contributed by atoms with E-state index in [1.165, 1.54) is 0 Å². The van der Waals surface area contributed by atoms with E-state index < -0.39 is 88.9 Å². The number of ketones is 1. The molecule has 1 aromatic carbocycles. The third kappa shape index (κ3) is 4.16. The molecule has 3 N–H and O–H groups in total. The summed E-state index contributed by atoms with van der Waals surface area (Å²) in [5.41, 5.74) is -6.01. The van der Waals surface area contributed by atoms with Crippen molar-refractivity contribution in [3.05, 3.63) is 84.0 Å². The van der Waals surface area contributed by atoms with Crippen LogP contribution < -0.4 is 0 Å². The molecule has 0 unspecified atom stereocenters. The second-order valence-electron chi connectivity index (χ2n) is 14.1. The standard InChI is InChI=1S/C37H44O10/c1-6-7-8-9-10-11-15-18-34-45-30-26-29-33(20-38,44-29)32(41)35(42)25(19-22(4)27(35)39)37(26,47-34)23(5)28(36(30,46-34)21(2)3)43-31(40)24-16-13-12-14-17-24/h10-19,23,25-26,28-30,32,38,41-42H,2,6-9,20H2,1,3-5H3/t23-,25-,26+,28-,29+,30-,32-,33+,34-,35-,36+,37+/m1/s1. The van der Waals surface area contributed by atoms with Gasteiger partial charge < -0.3 is 39.0 Å². The number of unbranched alkanes of at least 4 members (excludes halogenated alkanes) is 3. The number of aliphatic hydroxyl groups excluding tert-OH is 2. The third-order valence-electron chi connectivity index (χ3n) is 11.5. The first-order valence-electron chi connectivity index (χ1n) is 16.7. The van der Waals surface area contributed by atoms with Crippen molar-refractivity contribution in [1.82, 2.24) is 0 Å². The van der Waals surface area contributed by atoms with Crippen LogP contribution in [0, 0.1) is 17.8 Å². The summed E-state index contributed by atoms with van der Waals surface area (Å²) in [4.78, 5) is 27.6. The highest BCUT2D eigenvalue weighted by Gasteiger charge is 2.90. The SMILES string of the molecule is C=C(C)[C@@]12O[C@@]3(C=CC=CCCCCC)O[C@@H]1[C@@H]1[C@@H]4O[C@]4(CO)[C@@H](O)[C@]4(O)C(=O)C(C)=C[C@H]4[C@@]1(O3)[C@H](C)[C@H]2OC(=O)c1ccccc1. The number of aliphatic hydroxyl groups is 3. The molecule has 12 atom stereocenters. The van der Waals surface area contributed by atoms with Gasteiger partial charge in [0.1, 0.15) is 30.0 Å². The van der Waals surface area contributed by atoms with Crippen molar-refractivity contribution in [2.75, 3.05) is 6.61 Å². The minimum absolute atomic E-state index is 0.238. The van der Waals surface area contributed by atoms with Gasteiger partial charge in [0, 0.05) is 23.8 Å². The molecule has 1 aromatic rings. The number of ether oxygens (including phenoxy) is 5. The van der Waals surface area contributed by atoms with Crippen LogP contribution in [0.1, 0.15) is 63.7 Å². The second kappa shape index (κ2) is 11.0. The molecule has 6 aliphatic rings. The van der Waals surface area contributed by atoms with Gasteiger partial charge in [-0.25, -0.2) is 4.79 Å². The number of benzene rings is 1. The zero-order valence-electron chi connectivity index (χ0n) is 27.3. The molecule has 3 aliphatic heterocycles. The smallest absolute Gasteiger partial charge is 0.338 e. The summed E-state index contributed by atoms with van der Waals surface area (Å²) in [7, 11) is 0. The molecule has 10 heteroatoms. The quantitative estimate of drug-likeness (QED) is 0.113. The highest BCUT2D eigenvalue weighted by Crippen LogP contribution is 2.73. The van der Waals surface area contributed by atoms with E-state index in [9.17, 15) is 24.9 Å². The fourth-order valence-corrected chi connectivity index (χ4v) is 9.24. The molecule has 0 radical (unpaired) electrons. The molecular weight excluding hydrogens is 604 g/mol. The molecule has 2 saturated carbocycles. The molecule has 252 valence electrons. The fourth-order valence-electron chi connectivity index (χ4n) is 9.24. The van der Waals surface area contributed by atoms with Crippen LogP contribution in [0.25, 0.3) is 0 Å². The van der Waals surface area contributed by atoms with Gasteiger partial charge in [-0.15, -0.1) is 0 Å². The number of fused-ring (bicyclic) bond motifs is 3. The van der Waals surface area contributed by atoms with Gasteiger partial charge in [0.15, 0.2) is 17.0 Å². The first-order chi connectivity index (χ1) is 22.4. The van der Waals surface area contributed by atoms with E-state index in [2.05, 4.69) is 13.5 Å². The van der Waals surface area contributed by atoms with Crippen molar-refractivity contribution in [2.45, 2.75) is 106 Å². The van der Waals surface area contributed by atoms with Gasteiger partial charge in [0.2, 0.25) is 0 Å². The Morgan fingerprint density at radius 2 is 1.85 bits per heavy atom. The van der Waals surface area contributed by atoms with Crippen molar-refractivity contribution in [1.29, 1.82) is 0 Å². The number of carbonyl (C=O) groups excluding carboxylic acids is 2. The molecule has 3 aliphatic carbocycles. The molecule has 10 nitrogen and oxygen atoms in total. The lowest BCUT2D eigenvalue weighted by Crippen LogP contribution is -2.76. The summed E-state index contributed by atoms with van der Waals surface area (Å²) < 4.78 is 33.2. The molecule has 0 aromatic heterocycles. The van der Waals surface area contributed by atoms with Gasteiger partial charge >= 0.3 is 11.9 Å². The molecule has 3 heterocycles. The second-order valence-corrected chi connectivity index (χ2v) is 14.1. The van der Waals surface area contributed by atoms with Gasteiger partial charge in [-0.1, -0.05) is 75.8 Å². The average Bonchev–Trinajstić information content (AvgIpc) is 3.69. The number of carbonyl (C=O) groups is 2. The molecule has 0 spiro atoms. The molecule has 3 saturated heterocycles. The zero-order valence-corrected chi connectivity index (χ0v) is 27.3. The maximum atomic E-state index is 13.8. The number of Topliss-reactive ketones (excluding diaryl/α,β-unsaturated/α-hetero) is 1. The Labute approximate surface area is 274 Å². The number of hydrogen-bond donors (Lipinski definition) is 3. The first kappa shape index (κ1) is 32.6. The van der Waals surface area contributed by atoms with Crippen molar-refractivity contribution in [2.24, 2.45) is 17.8 Å². The lowest BCUT2D eigenvalue weighted by Gasteiger charge is -2.61. The van der Waals surface area contributed by atoms with Crippen molar-refractivity contribution in [3.8, 4) is 0 Å². The Balaban J connectivity index is 1.41. The minimum atomic E-state index is -2.41. The Hall–Kier alpha value is -2.96. The van der Waals surface area contributed by atoms with E-state index >= 15 is 0 Å². The monoisotopic (exact) mass is 648 g/mol. The molecule has 0 amide bonds. The summed E-state index contributed by atoms with van der Waals surface area (Å²) in [6.45, 7) is 11.0. The molecule has 3 bridgehead atoms. The number of allylic oxidation sites excluding steroid dienone is 3. The van der Waals surface area contributed by atoms with E-state index in [1.54, 1.807) is 62.4 Å². The van der Waals surface area contributed by atoms with Gasteiger partial charge in [0.05, 0.1) is 17.8 Å². The van der Waals surface area contributed by atoms with Gasteiger partial charge in [-0.2, -0.15) is 0 Å². The van der Waals surface area contributed by atoms with Gasteiger partial charge in [-0.3, -0.25) is 4.79 Å². The maximum absolute atomic E-state index is 13.8. The topological polar surface area (TPSA) is 144 Å². The lowest BCUT2D eigenvalue weighted by atomic mass is 9.53. The van der Waals surface area contributed by atoms with E-state index in [0.29, 0.717) is 11.1 Å². The fraction of sp³-hybridized carbons (Fsp3) is 0.568. The van der Waals surface area contributed by atoms with Crippen LogP contribution in [-0.4, -0.2) is 86.5 Å². The Morgan fingerprint density at radius 3 is 2.53 bits per heavy atom. The van der Waals surface area contributed by atoms with Crippen LogP contribution in [0.3, 0.4) is 0 Å². The number of rotatable bonds is 10.